The molecule has 0 saturated carbocycles. The second kappa shape index (κ2) is 7.42. The molecule has 1 amide bonds. The summed E-state index contributed by atoms with van der Waals surface area (Å²) < 4.78 is 18.2. The quantitative estimate of drug-likeness (QED) is 0.670. The van der Waals surface area contributed by atoms with Gasteiger partial charge < -0.3 is 19.1 Å². The van der Waals surface area contributed by atoms with Crippen LogP contribution in [-0.2, 0) is 0 Å². The lowest BCUT2D eigenvalue weighted by molar-refractivity contribution is 0.0585. The monoisotopic (exact) mass is 393 g/mol. The molecule has 29 heavy (non-hydrogen) atoms. The number of carbonyl (C=O) groups excluding carboxylic acids is 1. The number of hydrogen-bond donors (Lipinski definition) is 0. The van der Waals surface area contributed by atoms with E-state index in [9.17, 15) is 4.79 Å². The van der Waals surface area contributed by atoms with Gasteiger partial charge in [0.05, 0.1) is 0 Å². The third-order valence-corrected chi connectivity index (χ3v) is 5.00. The van der Waals surface area contributed by atoms with E-state index in [-0.39, 0.29) is 18.8 Å². The Kier molecular flexibility index (Phi) is 4.47. The third kappa shape index (κ3) is 3.58. The van der Waals surface area contributed by atoms with Crippen LogP contribution in [0.1, 0.15) is 23.2 Å². The van der Waals surface area contributed by atoms with E-state index in [1.807, 2.05) is 17.0 Å². The average Bonchev–Trinajstić information content (AvgIpc) is 3.46. The molecule has 0 spiro atoms. The van der Waals surface area contributed by atoms with Crippen molar-refractivity contribution in [2.75, 3.05) is 19.9 Å². The van der Waals surface area contributed by atoms with Crippen LogP contribution in [0.2, 0.25) is 0 Å². The number of benzene rings is 1. The number of nitrogens with zero attached hydrogens (tertiary/aromatic N) is 5. The van der Waals surface area contributed by atoms with Gasteiger partial charge in [-0.25, -0.2) is 4.68 Å². The maximum absolute atomic E-state index is 12.8. The van der Waals surface area contributed by atoms with Gasteiger partial charge in [-0.05, 0) is 30.3 Å². The van der Waals surface area contributed by atoms with Crippen LogP contribution in [0.3, 0.4) is 0 Å². The van der Waals surface area contributed by atoms with Crippen LogP contribution in [0.4, 0.5) is 0 Å². The topological polar surface area (TPSA) is 91.6 Å². The fourth-order valence-electron chi connectivity index (χ4n) is 3.46. The Bertz CT molecular complexity index is 998. The summed E-state index contributed by atoms with van der Waals surface area (Å²) in [5.74, 6) is 2.39. The molecule has 1 fully saturated rings. The lowest BCUT2D eigenvalue weighted by atomic mass is 10.1. The molecule has 3 aromatic rings. The maximum atomic E-state index is 12.8. The lowest BCUT2D eigenvalue weighted by Crippen LogP contribution is -2.41. The Morgan fingerprint density at radius 2 is 1.93 bits per heavy atom. The van der Waals surface area contributed by atoms with Crippen LogP contribution in [0, 0.1) is 0 Å². The van der Waals surface area contributed by atoms with Gasteiger partial charge in [-0.3, -0.25) is 4.79 Å². The Balaban J connectivity index is 1.17. The van der Waals surface area contributed by atoms with E-state index in [0.29, 0.717) is 41.8 Å². The summed E-state index contributed by atoms with van der Waals surface area (Å²) in [4.78, 5) is 14.6. The van der Waals surface area contributed by atoms with Crippen molar-refractivity contribution >= 4 is 5.91 Å². The number of rotatable bonds is 4. The van der Waals surface area contributed by atoms with Gasteiger partial charge in [0.2, 0.25) is 12.7 Å². The molecule has 1 aromatic carbocycles. The molecule has 1 saturated heterocycles. The first-order valence-corrected chi connectivity index (χ1v) is 9.45. The van der Waals surface area contributed by atoms with Gasteiger partial charge in [-0.15, -0.1) is 10.2 Å². The molecule has 5 rings (SSSR count). The van der Waals surface area contributed by atoms with Gasteiger partial charge in [-0.1, -0.05) is 0 Å². The van der Waals surface area contributed by atoms with Gasteiger partial charge in [0, 0.05) is 50.0 Å². The highest BCUT2D eigenvalue weighted by Gasteiger charge is 2.26. The van der Waals surface area contributed by atoms with Gasteiger partial charge in [0.15, 0.2) is 17.3 Å². The minimum atomic E-state index is -0.00915. The fourth-order valence-corrected chi connectivity index (χ4v) is 3.46. The number of fused-ring (bicyclic) bond motifs is 1. The molecule has 2 aliphatic rings. The van der Waals surface area contributed by atoms with Crippen molar-refractivity contribution in [1.29, 1.82) is 0 Å². The van der Waals surface area contributed by atoms with Crippen LogP contribution in [0.25, 0.3) is 5.82 Å². The molecule has 0 bridgehead atoms. The van der Waals surface area contributed by atoms with Crippen LogP contribution < -0.4 is 14.2 Å². The van der Waals surface area contributed by atoms with Crippen molar-refractivity contribution in [1.82, 2.24) is 24.9 Å². The molecule has 0 radical (unpaired) electrons. The number of carbonyl (C=O) groups is 1. The van der Waals surface area contributed by atoms with Crippen LogP contribution in [-0.4, -0.2) is 56.8 Å². The summed E-state index contributed by atoms with van der Waals surface area (Å²) in [6, 6.07) is 10.7. The Morgan fingerprint density at radius 3 is 2.69 bits per heavy atom. The van der Waals surface area contributed by atoms with Crippen LogP contribution >= 0.6 is 0 Å². The van der Waals surface area contributed by atoms with E-state index in [4.69, 9.17) is 14.2 Å². The lowest BCUT2D eigenvalue weighted by Gasteiger charge is -2.32. The second-order valence-corrected chi connectivity index (χ2v) is 6.86. The largest absolute Gasteiger partial charge is 0.473 e. The first-order valence-electron chi connectivity index (χ1n) is 9.45. The van der Waals surface area contributed by atoms with Gasteiger partial charge in [-0.2, -0.15) is 5.10 Å². The zero-order chi connectivity index (χ0) is 19.6. The van der Waals surface area contributed by atoms with E-state index in [0.717, 1.165) is 12.8 Å². The standard InChI is InChI=1S/C20H19N5O4/c26-20(14-2-3-16-17(12-14)28-13-27-16)24-10-6-15(7-11-24)29-19-5-4-18(22-23-19)25-9-1-8-21-25/h1-5,8-9,12,15H,6-7,10-11,13H2. The normalized spacial score (nSPS) is 16.1. The third-order valence-electron chi connectivity index (χ3n) is 5.00. The van der Waals surface area contributed by atoms with Gasteiger partial charge in [0.25, 0.3) is 5.91 Å². The molecule has 9 heteroatoms. The van der Waals surface area contributed by atoms with Crippen LogP contribution in [0.5, 0.6) is 17.4 Å². The molecular formula is C20H19N5O4. The number of hydrogen-bond acceptors (Lipinski definition) is 7. The minimum Gasteiger partial charge on any atom is -0.473 e. The summed E-state index contributed by atoms with van der Waals surface area (Å²) in [7, 11) is 0. The van der Waals surface area contributed by atoms with Gasteiger partial charge in [0.1, 0.15) is 6.10 Å². The molecule has 0 atom stereocenters. The van der Waals surface area contributed by atoms with Crippen molar-refractivity contribution < 1.29 is 19.0 Å². The van der Waals surface area contributed by atoms with Crippen molar-refractivity contribution in [2.45, 2.75) is 18.9 Å². The number of amides is 1. The molecule has 0 unspecified atom stereocenters. The summed E-state index contributed by atoms with van der Waals surface area (Å²) in [6.07, 6.45) is 4.96. The summed E-state index contributed by atoms with van der Waals surface area (Å²) in [6.45, 7) is 1.44. The molecule has 148 valence electrons. The second-order valence-electron chi connectivity index (χ2n) is 6.86. The number of ether oxygens (including phenoxy) is 3. The van der Waals surface area contributed by atoms with E-state index >= 15 is 0 Å². The SMILES string of the molecule is O=C(c1ccc2c(c1)OCO2)N1CCC(Oc2ccc(-n3cccn3)nn2)CC1. The molecule has 0 N–H and O–H groups in total. The zero-order valence-corrected chi connectivity index (χ0v) is 15.6. The molecule has 9 nitrogen and oxygen atoms in total. The van der Waals surface area contributed by atoms with Crippen LogP contribution in [0.15, 0.2) is 48.8 Å². The molecule has 4 heterocycles. The van der Waals surface area contributed by atoms with E-state index in [2.05, 4.69) is 15.3 Å². The number of likely N-dealkylation sites (tertiary alicyclic amines) is 1. The van der Waals surface area contributed by atoms with E-state index < -0.39 is 0 Å². The first-order chi connectivity index (χ1) is 14.3. The van der Waals surface area contributed by atoms with E-state index in [1.165, 1.54) is 0 Å². The maximum Gasteiger partial charge on any atom is 0.253 e. The minimum absolute atomic E-state index is 0.000609. The molecule has 0 aliphatic carbocycles. The molecule has 2 aromatic heterocycles. The molecular weight excluding hydrogens is 374 g/mol. The van der Waals surface area contributed by atoms with E-state index in [1.54, 1.807) is 41.3 Å². The van der Waals surface area contributed by atoms with Crippen molar-refractivity contribution in [3.63, 3.8) is 0 Å². The van der Waals surface area contributed by atoms with Crippen molar-refractivity contribution in [2.24, 2.45) is 0 Å². The highest BCUT2D eigenvalue weighted by molar-refractivity contribution is 5.95. The zero-order valence-electron chi connectivity index (χ0n) is 15.6. The summed E-state index contributed by atoms with van der Waals surface area (Å²) in [5.41, 5.74) is 0.605. The summed E-state index contributed by atoms with van der Waals surface area (Å²) in [5, 5.41) is 12.4. The number of piperidine rings is 1. The highest BCUT2D eigenvalue weighted by Crippen LogP contribution is 2.33. The summed E-state index contributed by atoms with van der Waals surface area (Å²) >= 11 is 0. The predicted octanol–water partition coefficient (Wildman–Crippen LogP) is 2.07. The Morgan fingerprint density at radius 1 is 1.07 bits per heavy atom. The smallest absolute Gasteiger partial charge is 0.253 e. The predicted molar refractivity (Wildman–Crippen MR) is 101 cm³/mol. The first kappa shape index (κ1) is 17.5. The van der Waals surface area contributed by atoms with Gasteiger partial charge >= 0.3 is 0 Å². The highest BCUT2D eigenvalue weighted by atomic mass is 16.7. The van der Waals surface area contributed by atoms with Crippen molar-refractivity contribution in [3.05, 3.63) is 54.4 Å². The number of aromatic nitrogens is 4. The van der Waals surface area contributed by atoms with Crippen molar-refractivity contribution in [3.8, 4) is 23.2 Å². The fraction of sp³-hybridized carbons (Fsp3) is 0.300. The molecule has 2 aliphatic heterocycles. The Hall–Kier alpha value is -3.62. The Labute approximate surface area is 166 Å². The average molecular weight is 393 g/mol.